The van der Waals surface area contributed by atoms with Crippen LogP contribution < -0.4 is 10.1 Å². The van der Waals surface area contributed by atoms with Crippen LogP contribution in [0.3, 0.4) is 0 Å². The summed E-state index contributed by atoms with van der Waals surface area (Å²) < 4.78 is 6.02. The van der Waals surface area contributed by atoms with E-state index in [0.717, 1.165) is 23.6 Å². The molecule has 2 aromatic rings. The van der Waals surface area contributed by atoms with Crippen LogP contribution in [-0.4, -0.2) is 17.6 Å². The first-order chi connectivity index (χ1) is 10.2. The van der Waals surface area contributed by atoms with E-state index in [1.165, 1.54) is 0 Å². The predicted octanol–water partition coefficient (Wildman–Crippen LogP) is 3.53. The highest BCUT2D eigenvalue weighted by Gasteiger charge is 2.09. The van der Waals surface area contributed by atoms with E-state index in [9.17, 15) is 0 Å². The fraction of sp³-hybridized carbons (Fsp3) is 0.294. The molecule has 1 N–H and O–H groups in total. The molecule has 1 heterocycles. The number of aromatic nitrogens is 1. The molecule has 1 unspecified atom stereocenters. The van der Waals surface area contributed by atoms with Gasteiger partial charge in [0.05, 0.1) is 12.1 Å². The van der Waals surface area contributed by atoms with Crippen molar-refractivity contribution in [2.45, 2.75) is 26.4 Å². The first kappa shape index (κ1) is 14.9. The lowest BCUT2D eigenvalue weighted by atomic mass is 10.2. The first-order valence-electron chi connectivity index (χ1n) is 7.05. The zero-order chi connectivity index (χ0) is 15.1. The molecule has 21 heavy (non-hydrogen) atoms. The number of nitrogens with zero attached hydrogens (tertiary/aromatic N) is 2. The lowest BCUT2D eigenvalue weighted by Gasteiger charge is -2.19. The summed E-state index contributed by atoms with van der Waals surface area (Å²) in [6.07, 6.45) is 2.53. The zero-order valence-corrected chi connectivity index (χ0v) is 12.3. The van der Waals surface area contributed by atoms with Gasteiger partial charge < -0.3 is 10.1 Å². The molecule has 0 aliphatic carbocycles. The molecule has 0 spiro atoms. The Balaban J connectivity index is 1.93. The molecule has 1 atom stereocenters. The van der Waals surface area contributed by atoms with Gasteiger partial charge in [0.15, 0.2) is 0 Å². The number of benzene rings is 1. The minimum atomic E-state index is 0.0727. The zero-order valence-electron chi connectivity index (χ0n) is 12.3. The van der Waals surface area contributed by atoms with E-state index in [1.54, 1.807) is 18.3 Å². The van der Waals surface area contributed by atoms with Crippen LogP contribution >= 0.6 is 0 Å². The maximum absolute atomic E-state index is 8.74. The quantitative estimate of drug-likeness (QED) is 0.880. The van der Waals surface area contributed by atoms with E-state index >= 15 is 0 Å². The van der Waals surface area contributed by atoms with E-state index in [1.807, 2.05) is 31.2 Å². The van der Waals surface area contributed by atoms with Gasteiger partial charge in [-0.15, -0.1) is 0 Å². The number of aryl methyl sites for hydroxylation is 1. The van der Waals surface area contributed by atoms with Gasteiger partial charge in [0, 0.05) is 6.20 Å². The van der Waals surface area contributed by atoms with Crippen LogP contribution in [-0.2, 0) is 0 Å². The van der Waals surface area contributed by atoms with Crippen molar-refractivity contribution in [3.05, 3.63) is 53.7 Å². The highest BCUT2D eigenvalue weighted by molar-refractivity contribution is 5.39. The minimum absolute atomic E-state index is 0.0727. The van der Waals surface area contributed by atoms with Crippen LogP contribution in [0.5, 0.6) is 5.75 Å². The van der Waals surface area contributed by atoms with Crippen LogP contribution in [0.1, 0.15) is 24.5 Å². The lowest BCUT2D eigenvalue weighted by Crippen LogP contribution is -2.26. The number of nitriles is 1. The second-order valence-electron chi connectivity index (χ2n) is 4.84. The molecule has 0 fully saturated rings. The van der Waals surface area contributed by atoms with Crippen LogP contribution in [0.2, 0.25) is 0 Å². The third-order valence-electron chi connectivity index (χ3n) is 3.25. The van der Waals surface area contributed by atoms with Crippen molar-refractivity contribution in [2.24, 2.45) is 0 Å². The molecule has 0 saturated heterocycles. The fourth-order valence-electron chi connectivity index (χ4n) is 1.92. The Morgan fingerprint density at radius 2 is 2.10 bits per heavy atom. The van der Waals surface area contributed by atoms with Crippen LogP contribution in [0.4, 0.5) is 5.82 Å². The van der Waals surface area contributed by atoms with E-state index in [0.29, 0.717) is 12.1 Å². The predicted molar refractivity (Wildman–Crippen MR) is 83.3 cm³/mol. The molecule has 0 saturated carbocycles. The molecule has 2 rings (SSSR count). The van der Waals surface area contributed by atoms with Gasteiger partial charge in [-0.1, -0.05) is 25.1 Å². The number of hydrogen-bond acceptors (Lipinski definition) is 4. The molecule has 108 valence electrons. The SMILES string of the molecule is CCC(CNc1ccc(C#N)cn1)Oc1ccccc1C. The molecule has 0 amide bonds. The molecule has 4 nitrogen and oxygen atoms in total. The average Bonchev–Trinajstić information content (AvgIpc) is 2.53. The Morgan fingerprint density at radius 3 is 2.71 bits per heavy atom. The molecular weight excluding hydrogens is 262 g/mol. The Bertz CT molecular complexity index is 617. The van der Waals surface area contributed by atoms with Gasteiger partial charge in [-0.05, 0) is 37.1 Å². The second-order valence-corrected chi connectivity index (χ2v) is 4.84. The second kappa shape index (κ2) is 7.30. The van der Waals surface area contributed by atoms with E-state index in [-0.39, 0.29) is 6.10 Å². The normalized spacial score (nSPS) is 11.5. The highest BCUT2D eigenvalue weighted by atomic mass is 16.5. The fourth-order valence-corrected chi connectivity index (χ4v) is 1.92. The topological polar surface area (TPSA) is 57.9 Å². The number of pyridine rings is 1. The number of nitrogens with one attached hydrogen (secondary N) is 1. The van der Waals surface area contributed by atoms with Crippen molar-refractivity contribution in [3.63, 3.8) is 0 Å². The third-order valence-corrected chi connectivity index (χ3v) is 3.25. The molecule has 4 heteroatoms. The third kappa shape index (κ3) is 4.22. The molecule has 1 aromatic heterocycles. The van der Waals surface area contributed by atoms with Crippen molar-refractivity contribution >= 4 is 5.82 Å². The Kier molecular flexibility index (Phi) is 5.16. The molecule has 0 aliphatic rings. The molecule has 1 aromatic carbocycles. The van der Waals surface area contributed by atoms with Gasteiger partial charge in [0.2, 0.25) is 0 Å². The van der Waals surface area contributed by atoms with Gasteiger partial charge in [0.25, 0.3) is 0 Å². The summed E-state index contributed by atoms with van der Waals surface area (Å²) in [5.41, 5.74) is 1.69. The lowest BCUT2D eigenvalue weighted by molar-refractivity contribution is 0.208. The van der Waals surface area contributed by atoms with Gasteiger partial charge in [-0.3, -0.25) is 0 Å². The minimum Gasteiger partial charge on any atom is -0.488 e. The molecular formula is C17H19N3O. The first-order valence-corrected chi connectivity index (χ1v) is 7.05. The van der Waals surface area contributed by atoms with Crippen LogP contribution in [0.25, 0.3) is 0 Å². The number of hydrogen-bond donors (Lipinski definition) is 1. The maximum atomic E-state index is 8.74. The van der Waals surface area contributed by atoms with Crippen molar-refractivity contribution in [1.82, 2.24) is 4.98 Å². The Morgan fingerprint density at radius 1 is 1.29 bits per heavy atom. The van der Waals surface area contributed by atoms with Crippen molar-refractivity contribution in [2.75, 3.05) is 11.9 Å². The monoisotopic (exact) mass is 281 g/mol. The highest BCUT2D eigenvalue weighted by Crippen LogP contribution is 2.19. The number of rotatable bonds is 6. The van der Waals surface area contributed by atoms with Crippen LogP contribution in [0, 0.1) is 18.3 Å². The van der Waals surface area contributed by atoms with Gasteiger partial charge in [-0.2, -0.15) is 5.26 Å². The number of ether oxygens (including phenoxy) is 1. The van der Waals surface area contributed by atoms with Crippen molar-refractivity contribution in [3.8, 4) is 11.8 Å². The summed E-state index contributed by atoms with van der Waals surface area (Å²) in [6, 6.07) is 13.6. The molecule has 0 aliphatic heterocycles. The summed E-state index contributed by atoms with van der Waals surface area (Å²) in [6.45, 7) is 4.80. The van der Waals surface area contributed by atoms with Gasteiger partial charge in [0.1, 0.15) is 23.7 Å². The van der Waals surface area contributed by atoms with Crippen LogP contribution in [0.15, 0.2) is 42.6 Å². The summed E-state index contributed by atoms with van der Waals surface area (Å²) in [5, 5.41) is 12.0. The van der Waals surface area contributed by atoms with E-state index in [4.69, 9.17) is 10.00 Å². The molecule has 0 radical (unpaired) electrons. The average molecular weight is 281 g/mol. The van der Waals surface area contributed by atoms with E-state index < -0.39 is 0 Å². The summed E-state index contributed by atoms with van der Waals surface area (Å²) in [4.78, 5) is 4.19. The molecule has 0 bridgehead atoms. The summed E-state index contributed by atoms with van der Waals surface area (Å²) >= 11 is 0. The van der Waals surface area contributed by atoms with Gasteiger partial charge in [-0.25, -0.2) is 4.98 Å². The van der Waals surface area contributed by atoms with Crippen molar-refractivity contribution < 1.29 is 4.74 Å². The Labute approximate surface area is 125 Å². The summed E-state index contributed by atoms with van der Waals surface area (Å²) in [7, 11) is 0. The van der Waals surface area contributed by atoms with Crippen molar-refractivity contribution in [1.29, 1.82) is 5.26 Å². The Hall–Kier alpha value is -2.54. The summed E-state index contributed by atoms with van der Waals surface area (Å²) in [5.74, 6) is 1.67. The van der Waals surface area contributed by atoms with E-state index in [2.05, 4.69) is 23.3 Å². The standard InChI is InChI=1S/C17H19N3O/c1-3-15(21-16-7-5-4-6-13(16)2)12-20-17-9-8-14(10-18)11-19-17/h4-9,11,15H,3,12H2,1-2H3,(H,19,20). The number of para-hydroxylation sites is 1. The smallest absolute Gasteiger partial charge is 0.126 e. The van der Waals surface area contributed by atoms with Gasteiger partial charge >= 0.3 is 0 Å². The number of anilines is 1. The largest absolute Gasteiger partial charge is 0.488 e. The maximum Gasteiger partial charge on any atom is 0.126 e.